The third-order valence-electron chi connectivity index (χ3n) is 2.87. The Morgan fingerprint density at radius 1 is 1.14 bits per heavy atom. The smallest absolute Gasteiger partial charge is 0.195 e. The molecule has 2 rings (SSSR count). The normalized spacial score (nSPS) is 11.8. The average molecular weight is 354 g/mol. The maximum absolute atomic E-state index is 13.7. The average Bonchev–Trinajstić information content (AvgIpc) is 2.45. The molecule has 0 saturated carbocycles. The Labute approximate surface area is 127 Å². The third-order valence-corrected chi connectivity index (χ3v) is 3.37. The molecule has 0 spiro atoms. The summed E-state index contributed by atoms with van der Waals surface area (Å²) in [6.45, 7) is 0. The standard InChI is InChI=1S/C15H7BrF3NO/c16-9-3-1-2-8(6-9)11(7-20)15(21)10-4-5-12(17)14(19)13(10)18/h1-6,11H. The van der Waals surface area contributed by atoms with Gasteiger partial charge in [-0.15, -0.1) is 0 Å². The van der Waals surface area contributed by atoms with E-state index in [1.807, 2.05) is 0 Å². The zero-order valence-corrected chi connectivity index (χ0v) is 12.0. The Kier molecular flexibility index (Phi) is 4.43. The Balaban J connectivity index is 2.47. The molecule has 1 atom stereocenters. The second-order valence-electron chi connectivity index (χ2n) is 4.20. The fourth-order valence-electron chi connectivity index (χ4n) is 1.84. The molecule has 2 nitrogen and oxygen atoms in total. The van der Waals surface area contributed by atoms with Gasteiger partial charge in [-0.2, -0.15) is 5.26 Å². The molecule has 0 N–H and O–H groups in total. The number of benzene rings is 2. The predicted molar refractivity (Wildman–Crippen MR) is 73.1 cm³/mol. The molecule has 1 unspecified atom stereocenters. The molecule has 21 heavy (non-hydrogen) atoms. The van der Waals surface area contributed by atoms with E-state index in [0.29, 0.717) is 16.1 Å². The molecule has 6 heteroatoms. The van der Waals surface area contributed by atoms with Crippen molar-refractivity contribution in [3.63, 3.8) is 0 Å². The van der Waals surface area contributed by atoms with E-state index in [0.717, 1.165) is 6.07 Å². The van der Waals surface area contributed by atoms with Gasteiger partial charge in [0, 0.05) is 4.47 Å². The van der Waals surface area contributed by atoms with E-state index in [2.05, 4.69) is 15.9 Å². The lowest BCUT2D eigenvalue weighted by Gasteiger charge is -2.10. The molecule has 0 aromatic heterocycles. The molecule has 0 aliphatic rings. The summed E-state index contributed by atoms with van der Waals surface area (Å²) in [6.07, 6.45) is 0. The maximum atomic E-state index is 13.7. The number of nitriles is 1. The SMILES string of the molecule is N#CC(C(=O)c1ccc(F)c(F)c1F)c1cccc(Br)c1. The number of hydrogen-bond donors (Lipinski definition) is 0. The number of carbonyl (C=O) groups is 1. The zero-order chi connectivity index (χ0) is 15.6. The van der Waals surface area contributed by atoms with Gasteiger partial charge in [-0.1, -0.05) is 28.1 Å². The van der Waals surface area contributed by atoms with Crippen LogP contribution < -0.4 is 0 Å². The maximum Gasteiger partial charge on any atom is 0.195 e. The summed E-state index contributed by atoms with van der Waals surface area (Å²) >= 11 is 3.20. The number of carbonyl (C=O) groups excluding carboxylic acids is 1. The van der Waals surface area contributed by atoms with Crippen LogP contribution in [0, 0.1) is 28.8 Å². The van der Waals surface area contributed by atoms with Crippen molar-refractivity contribution in [2.45, 2.75) is 5.92 Å². The summed E-state index contributed by atoms with van der Waals surface area (Å²) in [7, 11) is 0. The van der Waals surface area contributed by atoms with Gasteiger partial charge in [-0.05, 0) is 29.8 Å². The van der Waals surface area contributed by atoms with Gasteiger partial charge in [-0.25, -0.2) is 13.2 Å². The van der Waals surface area contributed by atoms with Gasteiger partial charge in [0.05, 0.1) is 11.6 Å². The van der Waals surface area contributed by atoms with Crippen molar-refractivity contribution in [2.24, 2.45) is 0 Å². The van der Waals surface area contributed by atoms with E-state index in [9.17, 15) is 18.0 Å². The van der Waals surface area contributed by atoms with Crippen molar-refractivity contribution >= 4 is 21.7 Å². The van der Waals surface area contributed by atoms with Crippen molar-refractivity contribution in [1.29, 1.82) is 5.26 Å². The van der Waals surface area contributed by atoms with Crippen molar-refractivity contribution < 1.29 is 18.0 Å². The molecular weight excluding hydrogens is 347 g/mol. The summed E-state index contributed by atoms with van der Waals surface area (Å²) < 4.78 is 40.4. The van der Waals surface area contributed by atoms with Crippen LogP contribution in [0.15, 0.2) is 40.9 Å². The van der Waals surface area contributed by atoms with Crippen LogP contribution in [-0.2, 0) is 0 Å². The summed E-state index contributed by atoms with van der Waals surface area (Å²) in [6, 6.07) is 9.60. The van der Waals surface area contributed by atoms with Crippen molar-refractivity contribution in [3.05, 3.63) is 69.4 Å². The first kappa shape index (κ1) is 15.3. The molecule has 0 aliphatic heterocycles. The van der Waals surface area contributed by atoms with Crippen LogP contribution in [0.2, 0.25) is 0 Å². The molecule has 2 aromatic carbocycles. The highest BCUT2D eigenvalue weighted by Gasteiger charge is 2.27. The fraction of sp³-hybridized carbons (Fsp3) is 0.0667. The van der Waals surface area contributed by atoms with E-state index in [4.69, 9.17) is 5.26 Å². The Morgan fingerprint density at radius 2 is 1.86 bits per heavy atom. The van der Waals surface area contributed by atoms with Gasteiger partial charge in [0.2, 0.25) is 0 Å². The van der Waals surface area contributed by atoms with Crippen molar-refractivity contribution in [2.75, 3.05) is 0 Å². The van der Waals surface area contributed by atoms with Crippen LogP contribution in [0.25, 0.3) is 0 Å². The summed E-state index contributed by atoms with van der Waals surface area (Å²) in [4.78, 5) is 12.2. The molecule has 0 aliphatic carbocycles. The fourth-order valence-corrected chi connectivity index (χ4v) is 2.26. The lowest BCUT2D eigenvalue weighted by molar-refractivity contribution is 0.0973. The van der Waals surface area contributed by atoms with Gasteiger partial charge in [-0.3, -0.25) is 4.79 Å². The van der Waals surface area contributed by atoms with Crippen LogP contribution in [0.3, 0.4) is 0 Å². The zero-order valence-electron chi connectivity index (χ0n) is 10.4. The first-order chi connectivity index (χ1) is 9.95. The lowest BCUT2D eigenvalue weighted by Crippen LogP contribution is -2.14. The molecule has 0 heterocycles. The van der Waals surface area contributed by atoms with E-state index < -0.39 is 34.7 Å². The van der Waals surface area contributed by atoms with Crippen LogP contribution in [0.4, 0.5) is 13.2 Å². The van der Waals surface area contributed by atoms with Crippen LogP contribution >= 0.6 is 15.9 Å². The number of halogens is 4. The summed E-state index contributed by atoms with van der Waals surface area (Å²) in [5.41, 5.74) is -0.318. The highest BCUT2D eigenvalue weighted by atomic mass is 79.9. The van der Waals surface area contributed by atoms with E-state index >= 15 is 0 Å². The van der Waals surface area contributed by atoms with Crippen LogP contribution in [0.5, 0.6) is 0 Å². The molecule has 2 aromatic rings. The largest absolute Gasteiger partial charge is 0.292 e. The molecule has 0 amide bonds. The Bertz CT molecular complexity index is 755. The monoisotopic (exact) mass is 353 g/mol. The highest BCUT2D eigenvalue weighted by molar-refractivity contribution is 9.10. The van der Waals surface area contributed by atoms with Crippen molar-refractivity contribution in [1.82, 2.24) is 0 Å². The number of ketones is 1. The Morgan fingerprint density at radius 3 is 2.48 bits per heavy atom. The second kappa shape index (κ2) is 6.10. The molecule has 0 radical (unpaired) electrons. The van der Waals surface area contributed by atoms with Crippen molar-refractivity contribution in [3.8, 4) is 6.07 Å². The van der Waals surface area contributed by atoms with Gasteiger partial charge in [0.15, 0.2) is 23.2 Å². The van der Waals surface area contributed by atoms with E-state index in [1.54, 1.807) is 18.2 Å². The Hall–Kier alpha value is -2.13. The first-order valence-electron chi connectivity index (χ1n) is 5.78. The molecule has 106 valence electrons. The number of rotatable bonds is 3. The third kappa shape index (κ3) is 2.98. The molecule has 0 saturated heterocycles. The van der Waals surface area contributed by atoms with Crippen LogP contribution in [0.1, 0.15) is 21.8 Å². The number of hydrogen-bond acceptors (Lipinski definition) is 2. The predicted octanol–water partition coefficient (Wildman–Crippen LogP) is 4.36. The summed E-state index contributed by atoms with van der Waals surface area (Å²) in [5, 5.41) is 9.14. The van der Waals surface area contributed by atoms with Gasteiger partial charge >= 0.3 is 0 Å². The van der Waals surface area contributed by atoms with Gasteiger partial charge in [0.25, 0.3) is 0 Å². The minimum absolute atomic E-state index is 0.334. The quantitative estimate of drug-likeness (QED) is 0.607. The second-order valence-corrected chi connectivity index (χ2v) is 5.12. The van der Waals surface area contributed by atoms with Crippen LogP contribution in [-0.4, -0.2) is 5.78 Å². The molecular formula is C15H7BrF3NO. The van der Waals surface area contributed by atoms with Gasteiger partial charge in [0.1, 0.15) is 5.92 Å². The van der Waals surface area contributed by atoms with E-state index in [1.165, 1.54) is 12.1 Å². The minimum atomic E-state index is -1.73. The highest BCUT2D eigenvalue weighted by Crippen LogP contribution is 2.25. The van der Waals surface area contributed by atoms with Gasteiger partial charge < -0.3 is 0 Å². The topological polar surface area (TPSA) is 40.9 Å². The lowest BCUT2D eigenvalue weighted by atomic mass is 9.91. The minimum Gasteiger partial charge on any atom is -0.292 e. The van der Waals surface area contributed by atoms with E-state index in [-0.39, 0.29) is 0 Å². The first-order valence-corrected chi connectivity index (χ1v) is 6.57. The molecule has 0 fully saturated rings. The summed E-state index contributed by atoms with van der Waals surface area (Å²) in [5.74, 6) is -6.93. The number of Topliss-reactive ketones (excluding diaryl/α,β-unsaturated/α-hetero) is 1. The molecule has 0 bridgehead atoms. The number of nitrogens with zero attached hydrogens (tertiary/aromatic N) is 1.